The summed E-state index contributed by atoms with van der Waals surface area (Å²) in [6, 6.07) is 1.20. The van der Waals surface area contributed by atoms with Crippen LogP contribution in [0, 0.1) is 11.9 Å². The van der Waals surface area contributed by atoms with E-state index in [-0.39, 0.29) is 0 Å². The summed E-state index contributed by atoms with van der Waals surface area (Å²) < 4.78 is 76.1. The summed E-state index contributed by atoms with van der Waals surface area (Å²) in [4.78, 5) is 1.63. The van der Waals surface area contributed by atoms with Gasteiger partial charge in [0.25, 0.3) is 0 Å². The molecule has 1 aromatic rings. The van der Waals surface area contributed by atoms with Crippen molar-refractivity contribution in [3.8, 4) is 0 Å². The maximum atomic E-state index is 13.3. The maximum Gasteiger partial charge on any atom is 0.363 e. The molecule has 8 nitrogen and oxygen atoms in total. The molecule has 0 saturated heterocycles. The highest BCUT2D eigenvalue weighted by atomic mass is 32.2. The zero-order chi connectivity index (χ0) is 18.1. The molecular formula is C11H15F2N3O5S2. The fourth-order valence-corrected chi connectivity index (χ4v) is 2.80. The second-order valence-electron chi connectivity index (χ2n) is 5.41. The molecule has 0 spiro atoms. The highest BCUT2D eigenvalue weighted by Gasteiger charge is 2.30. The lowest BCUT2D eigenvalue weighted by molar-refractivity contribution is 0.333. The van der Waals surface area contributed by atoms with Crippen molar-refractivity contribution >= 4 is 25.8 Å². The molecule has 0 aliphatic heterocycles. The quantitative estimate of drug-likeness (QED) is 0.346. The number of rotatable bonds is 5. The monoisotopic (exact) mass is 371 g/mol. The van der Waals surface area contributed by atoms with Gasteiger partial charge in [-0.2, -0.15) is 22.2 Å². The van der Waals surface area contributed by atoms with Crippen LogP contribution in [-0.4, -0.2) is 38.2 Å². The lowest BCUT2D eigenvalue weighted by atomic mass is 10.3. The Bertz CT molecular complexity index is 830. The first kappa shape index (κ1) is 19.2. The van der Waals surface area contributed by atoms with Gasteiger partial charge in [-0.3, -0.25) is 4.28 Å². The Balaban J connectivity index is 2.99. The summed E-state index contributed by atoms with van der Waals surface area (Å²) in [5, 5.41) is 2.97. The Morgan fingerprint density at radius 3 is 2.30 bits per heavy atom. The van der Waals surface area contributed by atoms with E-state index in [9.17, 15) is 25.6 Å². The normalized spacial score (nSPS) is 13.9. The molecule has 1 rings (SSSR count). The fraction of sp³-hybridized carbons (Fsp3) is 0.455. The van der Waals surface area contributed by atoms with Gasteiger partial charge in [0.2, 0.25) is 11.9 Å². The minimum Gasteiger partial charge on any atom is -0.384 e. The minimum atomic E-state index is -4.76. The highest BCUT2D eigenvalue weighted by Crippen LogP contribution is 2.17. The van der Waals surface area contributed by atoms with Crippen molar-refractivity contribution in [2.24, 2.45) is 10.9 Å². The average Bonchev–Trinajstić information content (AvgIpc) is 2.34. The molecule has 0 fully saturated rings. The lowest BCUT2D eigenvalue weighted by Crippen LogP contribution is -2.36. The molecule has 0 aliphatic carbocycles. The van der Waals surface area contributed by atoms with E-state index in [1.165, 1.54) is 20.8 Å². The number of pyridine rings is 1. The molecule has 0 bridgehead atoms. The standard InChI is InChI=1S/C11H15F2N3O5S2/c1-11(2,3)22(17,18)6-9(14)16-21-23(19,20)7-4-5-8(12)15-10(7)13/h4-5H,6H2,1-3H3,(H2,14,16). The molecule has 2 N–H and O–H groups in total. The van der Waals surface area contributed by atoms with Crippen LogP contribution in [0.3, 0.4) is 0 Å². The summed E-state index contributed by atoms with van der Waals surface area (Å²) >= 11 is 0. The van der Waals surface area contributed by atoms with Crippen LogP contribution in [0.2, 0.25) is 0 Å². The first-order valence-electron chi connectivity index (χ1n) is 6.06. The topological polar surface area (TPSA) is 129 Å². The van der Waals surface area contributed by atoms with Gasteiger partial charge in [0, 0.05) is 0 Å². The summed E-state index contributed by atoms with van der Waals surface area (Å²) in [5.74, 6) is -4.24. The molecule has 12 heteroatoms. The van der Waals surface area contributed by atoms with Gasteiger partial charge < -0.3 is 5.73 Å². The molecule has 0 unspecified atom stereocenters. The Morgan fingerprint density at radius 2 is 1.83 bits per heavy atom. The van der Waals surface area contributed by atoms with Gasteiger partial charge in [0.1, 0.15) is 5.75 Å². The molecule has 0 aromatic carbocycles. The number of aromatic nitrogens is 1. The van der Waals surface area contributed by atoms with Crippen LogP contribution >= 0.6 is 0 Å². The third-order valence-electron chi connectivity index (χ3n) is 2.57. The lowest BCUT2D eigenvalue weighted by Gasteiger charge is -2.18. The molecule has 0 amide bonds. The summed E-state index contributed by atoms with van der Waals surface area (Å²) in [7, 11) is -8.47. The van der Waals surface area contributed by atoms with Crippen LogP contribution in [-0.2, 0) is 24.2 Å². The number of hydrogen-bond donors (Lipinski definition) is 1. The number of sulfone groups is 1. The molecule has 0 aliphatic rings. The SMILES string of the molecule is CC(C)(C)S(=O)(=O)CC(N)=NOS(=O)(=O)c1ccc(F)nc1F. The molecule has 130 valence electrons. The van der Waals surface area contributed by atoms with Crippen molar-refractivity contribution < 1.29 is 29.9 Å². The van der Waals surface area contributed by atoms with Crippen molar-refractivity contribution in [2.75, 3.05) is 5.75 Å². The van der Waals surface area contributed by atoms with E-state index in [4.69, 9.17) is 5.73 Å². The van der Waals surface area contributed by atoms with Gasteiger partial charge in [-0.1, -0.05) is 5.16 Å². The predicted molar refractivity (Wildman–Crippen MR) is 77.6 cm³/mol. The predicted octanol–water partition coefficient (Wildman–Crippen LogP) is 0.551. The van der Waals surface area contributed by atoms with E-state index in [2.05, 4.69) is 14.4 Å². The number of nitrogens with zero attached hydrogens (tertiary/aromatic N) is 2. The summed E-state index contributed by atoms with van der Waals surface area (Å²) in [6.07, 6.45) is 0. The molecule has 1 heterocycles. The van der Waals surface area contributed by atoms with E-state index < -0.39 is 53.1 Å². The molecule has 1 aromatic heterocycles. The van der Waals surface area contributed by atoms with Crippen molar-refractivity contribution in [3.05, 3.63) is 24.0 Å². The van der Waals surface area contributed by atoms with Gasteiger partial charge in [-0.15, -0.1) is 0 Å². The van der Waals surface area contributed by atoms with Crippen LogP contribution < -0.4 is 5.73 Å². The molecule has 0 radical (unpaired) electrons. The Morgan fingerprint density at radius 1 is 1.26 bits per heavy atom. The third-order valence-corrected chi connectivity index (χ3v) is 6.23. The highest BCUT2D eigenvalue weighted by molar-refractivity contribution is 7.93. The second-order valence-corrected chi connectivity index (χ2v) is 9.65. The number of halogens is 2. The van der Waals surface area contributed by atoms with Crippen LogP contribution in [0.5, 0.6) is 0 Å². The smallest absolute Gasteiger partial charge is 0.363 e. The van der Waals surface area contributed by atoms with E-state index in [0.717, 1.165) is 0 Å². The van der Waals surface area contributed by atoms with Gasteiger partial charge in [0.05, 0.1) is 4.75 Å². The van der Waals surface area contributed by atoms with Gasteiger partial charge in [0.15, 0.2) is 20.6 Å². The van der Waals surface area contributed by atoms with E-state index in [0.29, 0.717) is 12.1 Å². The number of nitrogens with two attached hydrogens (primary N) is 1. The molecule has 0 atom stereocenters. The van der Waals surface area contributed by atoms with Crippen molar-refractivity contribution in [2.45, 2.75) is 30.4 Å². The van der Waals surface area contributed by atoms with Crippen molar-refractivity contribution in [1.82, 2.24) is 4.98 Å². The Kier molecular flexibility index (Phi) is 5.31. The first-order chi connectivity index (χ1) is 10.3. The molecule has 23 heavy (non-hydrogen) atoms. The van der Waals surface area contributed by atoms with Gasteiger partial charge >= 0.3 is 10.1 Å². The van der Waals surface area contributed by atoms with Crippen LogP contribution in [0.15, 0.2) is 22.2 Å². The molecular weight excluding hydrogens is 356 g/mol. The van der Waals surface area contributed by atoms with Crippen molar-refractivity contribution in [1.29, 1.82) is 0 Å². The maximum absolute atomic E-state index is 13.3. The van der Waals surface area contributed by atoms with Crippen LogP contribution in [0.4, 0.5) is 8.78 Å². The average molecular weight is 371 g/mol. The van der Waals surface area contributed by atoms with E-state index >= 15 is 0 Å². The van der Waals surface area contributed by atoms with E-state index in [1.807, 2.05) is 0 Å². The first-order valence-corrected chi connectivity index (χ1v) is 9.13. The second kappa shape index (κ2) is 6.35. The third kappa shape index (κ3) is 4.82. The van der Waals surface area contributed by atoms with Crippen LogP contribution in [0.1, 0.15) is 20.8 Å². The number of oxime groups is 1. The summed E-state index contributed by atoms with van der Waals surface area (Å²) in [6.45, 7) is 4.27. The van der Waals surface area contributed by atoms with Gasteiger partial charge in [-0.05, 0) is 32.9 Å². The van der Waals surface area contributed by atoms with E-state index in [1.54, 1.807) is 0 Å². The Hall–Kier alpha value is -1.82. The number of hydrogen-bond acceptors (Lipinski definition) is 7. The van der Waals surface area contributed by atoms with Crippen LogP contribution in [0.25, 0.3) is 0 Å². The zero-order valence-corrected chi connectivity index (χ0v) is 14.1. The Labute approximate surface area is 132 Å². The largest absolute Gasteiger partial charge is 0.384 e. The summed E-state index contributed by atoms with van der Waals surface area (Å²) in [5.41, 5.74) is 5.32. The van der Waals surface area contributed by atoms with Gasteiger partial charge in [-0.25, -0.2) is 8.42 Å². The minimum absolute atomic E-state index is 0.588. The zero-order valence-electron chi connectivity index (χ0n) is 12.4. The molecule has 0 saturated carbocycles. The van der Waals surface area contributed by atoms with Crippen molar-refractivity contribution in [3.63, 3.8) is 0 Å². The number of amidine groups is 1. The fourth-order valence-electron chi connectivity index (χ4n) is 1.16.